The zero-order valence-corrected chi connectivity index (χ0v) is 12.4. The first-order valence-corrected chi connectivity index (χ1v) is 7.45. The number of hydrogen-bond donors (Lipinski definition) is 2. The van der Waals surface area contributed by atoms with Crippen molar-refractivity contribution < 1.29 is 4.79 Å². The van der Waals surface area contributed by atoms with Crippen LogP contribution in [0.25, 0.3) is 0 Å². The van der Waals surface area contributed by atoms with E-state index >= 15 is 0 Å². The molecule has 3 N–H and O–H groups in total. The molecule has 4 nitrogen and oxygen atoms in total. The number of benzene rings is 1. The predicted molar refractivity (Wildman–Crippen MR) is 82.4 cm³/mol. The highest BCUT2D eigenvalue weighted by molar-refractivity contribution is 5.93. The summed E-state index contributed by atoms with van der Waals surface area (Å²) < 4.78 is 0. The van der Waals surface area contributed by atoms with Crippen molar-refractivity contribution in [3.05, 3.63) is 29.8 Å². The minimum Gasteiger partial charge on any atom is -0.326 e. The topological polar surface area (TPSA) is 58.4 Å². The summed E-state index contributed by atoms with van der Waals surface area (Å²) in [6.07, 6.45) is 3.62. The van der Waals surface area contributed by atoms with Crippen molar-refractivity contribution in [2.45, 2.75) is 51.7 Å². The van der Waals surface area contributed by atoms with E-state index in [4.69, 9.17) is 5.73 Å². The van der Waals surface area contributed by atoms with Crippen LogP contribution in [0.4, 0.5) is 5.69 Å². The lowest BCUT2D eigenvalue weighted by Gasteiger charge is -2.38. The van der Waals surface area contributed by atoms with Gasteiger partial charge in [-0.2, -0.15) is 0 Å². The molecule has 1 aliphatic heterocycles. The van der Waals surface area contributed by atoms with E-state index in [0.717, 1.165) is 11.3 Å². The summed E-state index contributed by atoms with van der Waals surface area (Å²) in [6.45, 7) is 5.31. The molecule has 1 aromatic carbocycles. The van der Waals surface area contributed by atoms with Crippen molar-refractivity contribution >= 4 is 11.6 Å². The van der Waals surface area contributed by atoms with Gasteiger partial charge in [0.1, 0.15) is 0 Å². The predicted octanol–water partition coefficient (Wildman–Crippen LogP) is 2.35. The van der Waals surface area contributed by atoms with Crippen molar-refractivity contribution in [3.8, 4) is 0 Å². The highest BCUT2D eigenvalue weighted by atomic mass is 16.2. The van der Waals surface area contributed by atoms with Crippen molar-refractivity contribution in [2.24, 2.45) is 5.73 Å². The Balaban J connectivity index is 1.98. The van der Waals surface area contributed by atoms with Crippen molar-refractivity contribution in [3.63, 3.8) is 0 Å². The van der Waals surface area contributed by atoms with Crippen LogP contribution in [0.5, 0.6) is 0 Å². The number of nitrogens with two attached hydrogens (primary N) is 1. The first kappa shape index (κ1) is 15.0. The summed E-state index contributed by atoms with van der Waals surface area (Å²) in [7, 11) is 0. The van der Waals surface area contributed by atoms with Gasteiger partial charge < -0.3 is 11.1 Å². The van der Waals surface area contributed by atoms with Crippen LogP contribution in [0.3, 0.4) is 0 Å². The van der Waals surface area contributed by atoms with E-state index in [9.17, 15) is 4.79 Å². The lowest BCUT2D eigenvalue weighted by atomic mass is 9.97. The summed E-state index contributed by atoms with van der Waals surface area (Å²) in [5, 5.41) is 2.99. The molecule has 2 rings (SSSR count). The Bertz CT molecular complexity index is 451. The quantitative estimate of drug-likeness (QED) is 0.887. The van der Waals surface area contributed by atoms with Crippen LogP contribution in [-0.4, -0.2) is 29.4 Å². The van der Waals surface area contributed by atoms with Gasteiger partial charge in [0.15, 0.2) is 0 Å². The molecule has 110 valence electrons. The van der Waals surface area contributed by atoms with E-state index in [1.807, 2.05) is 24.3 Å². The van der Waals surface area contributed by atoms with Crippen molar-refractivity contribution in [1.29, 1.82) is 0 Å². The van der Waals surface area contributed by atoms with Gasteiger partial charge in [-0.05, 0) is 38.3 Å². The Kier molecular flexibility index (Phi) is 5.15. The number of carbonyl (C=O) groups excluding carboxylic acids is 1. The van der Waals surface area contributed by atoms with E-state index < -0.39 is 0 Å². The molecule has 0 saturated carbocycles. The Morgan fingerprint density at radius 1 is 1.30 bits per heavy atom. The second-order valence-corrected chi connectivity index (χ2v) is 5.71. The van der Waals surface area contributed by atoms with Crippen molar-refractivity contribution in [1.82, 2.24) is 4.90 Å². The molecular formula is C16H25N3O. The molecule has 1 fully saturated rings. The van der Waals surface area contributed by atoms with Crippen LogP contribution in [-0.2, 0) is 11.3 Å². The van der Waals surface area contributed by atoms with Crippen LogP contribution < -0.4 is 11.1 Å². The van der Waals surface area contributed by atoms with Gasteiger partial charge in [0, 0.05) is 24.3 Å². The van der Waals surface area contributed by atoms with E-state index in [1.54, 1.807) is 0 Å². The molecule has 1 aromatic rings. The summed E-state index contributed by atoms with van der Waals surface area (Å²) >= 11 is 0. The molecule has 0 radical (unpaired) electrons. The summed E-state index contributed by atoms with van der Waals surface area (Å²) in [5.41, 5.74) is 7.50. The zero-order valence-electron chi connectivity index (χ0n) is 12.4. The third-order valence-electron chi connectivity index (χ3n) is 4.21. The fourth-order valence-corrected chi connectivity index (χ4v) is 2.96. The number of nitrogens with zero attached hydrogens (tertiary/aromatic N) is 1. The number of para-hydroxylation sites is 1. The fraction of sp³-hybridized carbons (Fsp3) is 0.562. The molecule has 0 aliphatic carbocycles. The molecule has 20 heavy (non-hydrogen) atoms. The second-order valence-electron chi connectivity index (χ2n) is 5.71. The Hall–Kier alpha value is -1.39. The highest BCUT2D eigenvalue weighted by Gasteiger charge is 2.26. The third kappa shape index (κ3) is 3.58. The first-order chi connectivity index (χ1) is 9.61. The zero-order chi connectivity index (χ0) is 14.5. The Morgan fingerprint density at radius 2 is 1.95 bits per heavy atom. The van der Waals surface area contributed by atoms with Gasteiger partial charge in [0.25, 0.3) is 0 Å². The number of likely N-dealkylation sites (tertiary alicyclic amines) is 1. The largest absolute Gasteiger partial charge is 0.326 e. The standard InChI is InChI=1S/C16H25N3O/c1-12-6-5-7-13(2)19(12)11-16(20)18-15-9-4-3-8-14(15)10-17/h3-4,8-9,12-13H,5-7,10-11,17H2,1-2H3,(H,18,20). The molecule has 1 aliphatic rings. The van der Waals surface area contributed by atoms with E-state index in [0.29, 0.717) is 25.2 Å². The average molecular weight is 275 g/mol. The van der Waals surface area contributed by atoms with Gasteiger partial charge in [-0.1, -0.05) is 24.6 Å². The number of anilines is 1. The van der Waals surface area contributed by atoms with Crippen LogP contribution >= 0.6 is 0 Å². The first-order valence-electron chi connectivity index (χ1n) is 7.45. The lowest BCUT2D eigenvalue weighted by molar-refractivity contribution is -0.118. The maximum atomic E-state index is 12.2. The van der Waals surface area contributed by atoms with Gasteiger partial charge >= 0.3 is 0 Å². The third-order valence-corrected chi connectivity index (χ3v) is 4.21. The number of piperidine rings is 1. The van der Waals surface area contributed by atoms with E-state index in [1.165, 1.54) is 19.3 Å². The number of amides is 1. The molecular weight excluding hydrogens is 250 g/mol. The monoisotopic (exact) mass is 275 g/mol. The molecule has 0 aromatic heterocycles. The molecule has 4 heteroatoms. The molecule has 1 amide bonds. The second kappa shape index (κ2) is 6.86. The normalized spacial score (nSPS) is 23.6. The Morgan fingerprint density at radius 3 is 2.60 bits per heavy atom. The van der Waals surface area contributed by atoms with Crippen LogP contribution in [0.1, 0.15) is 38.7 Å². The number of hydrogen-bond acceptors (Lipinski definition) is 3. The molecule has 1 heterocycles. The number of carbonyl (C=O) groups is 1. The van der Waals surface area contributed by atoms with Gasteiger partial charge in [0.05, 0.1) is 6.54 Å². The summed E-state index contributed by atoms with van der Waals surface area (Å²) in [4.78, 5) is 14.5. The minimum atomic E-state index is 0.0477. The summed E-state index contributed by atoms with van der Waals surface area (Å²) in [6, 6.07) is 8.67. The van der Waals surface area contributed by atoms with Gasteiger partial charge in [-0.3, -0.25) is 9.69 Å². The molecule has 1 saturated heterocycles. The smallest absolute Gasteiger partial charge is 0.238 e. The van der Waals surface area contributed by atoms with Crippen LogP contribution in [0, 0.1) is 0 Å². The molecule has 2 atom stereocenters. The van der Waals surface area contributed by atoms with Gasteiger partial charge in [-0.15, -0.1) is 0 Å². The average Bonchev–Trinajstić information content (AvgIpc) is 2.44. The van der Waals surface area contributed by atoms with Gasteiger partial charge in [-0.25, -0.2) is 0 Å². The minimum absolute atomic E-state index is 0.0477. The molecule has 0 bridgehead atoms. The van der Waals surface area contributed by atoms with Crippen LogP contribution in [0.2, 0.25) is 0 Å². The van der Waals surface area contributed by atoms with Gasteiger partial charge in [0.2, 0.25) is 5.91 Å². The number of nitrogens with one attached hydrogen (secondary N) is 1. The molecule has 2 unspecified atom stereocenters. The Labute approximate surface area is 121 Å². The molecule has 0 spiro atoms. The van der Waals surface area contributed by atoms with Crippen molar-refractivity contribution in [2.75, 3.05) is 11.9 Å². The maximum Gasteiger partial charge on any atom is 0.238 e. The SMILES string of the molecule is CC1CCCC(C)N1CC(=O)Nc1ccccc1CN. The number of rotatable bonds is 4. The maximum absolute atomic E-state index is 12.2. The van der Waals surface area contributed by atoms with E-state index in [-0.39, 0.29) is 5.91 Å². The highest BCUT2D eigenvalue weighted by Crippen LogP contribution is 2.22. The van der Waals surface area contributed by atoms with Crippen LogP contribution in [0.15, 0.2) is 24.3 Å². The summed E-state index contributed by atoms with van der Waals surface area (Å²) in [5.74, 6) is 0.0477. The fourth-order valence-electron chi connectivity index (χ4n) is 2.96. The van der Waals surface area contributed by atoms with E-state index in [2.05, 4.69) is 24.1 Å². The lowest BCUT2D eigenvalue weighted by Crippen LogP contribution is -2.47.